The van der Waals surface area contributed by atoms with Crippen LogP contribution < -0.4 is 16.0 Å². The highest BCUT2D eigenvalue weighted by molar-refractivity contribution is 14.0. The van der Waals surface area contributed by atoms with Crippen molar-refractivity contribution in [2.75, 3.05) is 32.8 Å². The third-order valence-electron chi connectivity index (χ3n) is 4.00. The molecule has 0 saturated carbocycles. The second kappa shape index (κ2) is 12.6. The lowest BCUT2D eigenvalue weighted by atomic mass is 9.89. The van der Waals surface area contributed by atoms with Gasteiger partial charge in [-0.15, -0.1) is 24.0 Å². The molecule has 1 fully saturated rings. The Kier molecular flexibility index (Phi) is 12.3. The van der Waals surface area contributed by atoms with Crippen LogP contribution in [0.5, 0.6) is 0 Å². The number of halogens is 1. The van der Waals surface area contributed by atoms with Crippen LogP contribution in [0.15, 0.2) is 4.99 Å². The Morgan fingerprint density at radius 1 is 1.26 bits per heavy atom. The van der Waals surface area contributed by atoms with E-state index < -0.39 is 5.60 Å². The van der Waals surface area contributed by atoms with E-state index in [0.717, 1.165) is 51.5 Å². The lowest BCUT2D eigenvalue weighted by Crippen LogP contribution is -2.50. The van der Waals surface area contributed by atoms with Gasteiger partial charge in [-0.2, -0.15) is 0 Å². The number of ether oxygens (including phenoxy) is 2. The van der Waals surface area contributed by atoms with E-state index in [1.165, 1.54) is 0 Å². The number of alkyl carbamates (subject to hydrolysis) is 1. The van der Waals surface area contributed by atoms with E-state index in [-0.39, 0.29) is 41.5 Å². The van der Waals surface area contributed by atoms with Crippen LogP contribution in [0.25, 0.3) is 0 Å². The van der Waals surface area contributed by atoms with E-state index in [2.05, 4.69) is 29.8 Å². The van der Waals surface area contributed by atoms with Crippen LogP contribution in [0.2, 0.25) is 0 Å². The van der Waals surface area contributed by atoms with E-state index in [1.54, 1.807) is 0 Å². The summed E-state index contributed by atoms with van der Waals surface area (Å²) in [4.78, 5) is 16.6. The second-order valence-corrected chi connectivity index (χ2v) is 8.36. The first-order valence-electron chi connectivity index (χ1n) is 9.77. The summed E-state index contributed by atoms with van der Waals surface area (Å²) in [5.74, 6) is 0.785. The van der Waals surface area contributed by atoms with Gasteiger partial charge in [0.15, 0.2) is 5.96 Å². The Labute approximate surface area is 181 Å². The van der Waals surface area contributed by atoms with Crippen molar-refractivity contribution < 1.29 is 14.3 Å². The molecule has 1 saturated heterocycles. The van der Waals surface area contributed by atoms with Crippen molar-refractivity contribution in [3.63, 3.8) is 0 Å². The molecule has 0 aromatic heterocycles. The summed E-state index contributed by atoms with van der Waals surface area (Å²) < 4.78 is 10.6. The van der Waals surface area contributed by atoms with Crippen LogP contribution in [0, 0.1) is 5.41 Å². The van der Waals surface area contributed by atoms with E-state index in [1.807, 2.05) is 27.7 Å². The van der Waals surface area contributed by atoms with Gasteiger partial charge in [0.05, 0.1) is 19.8 Å². The first-order valence-corrected chi connectivity index (χ1v) is 9.77. The number of hydrogen-bond donors (Lipinski definition) is 3. The quantitative estimate of drug-likeness (QED) is 0.258. The minimum absolute atomic E-state index is 0. The van der Waals surface area contributed by atoms with Gasteiger partial charge in [0, 0.05) is 24.5 Å². The van der Waals surface area contributed by atoms with Crippen molar-refractivity contribution in [3.05, 3.63) is 0 Å². The van der Waals surface area contributed by atoms with Crippen LogP contribution in [0.4, 0.5) is 4.79 Å². The van der Waals surface area contributed by atoms with Crippen LogP contribution in [-0.4, -0.2) is 56.5 Å². The summed E-state index contributed by atoms with van der Waals surface area (Å²) in [6.07, 6.45) is 2.76. The number of carbonyl (C=O) groups is 1. The topological polar surface area (TPSA) is 84.0 Å². The molecule has 7 nitrogen and oxygen atoms in total. The van der Waals surface area contributed by atoms with Crippen LogP contribution in [0.3, 0.4) is 0 Å². The molecule has 3 N–H and O–H groups in total. The fourth-order valence-corrected chi connectivity index (χ4v) is 2.52. The molecular weight excluding hydrogens is 459 g/mol. The highest BCUT2D eigenvalue weighted by Crippen LogP contribution is 2.26. The number of nitrogens with one attached hydrogen (secondary N) is 3. The average Bonchev–Trinajstić information content (AvgIpc) is 2.51. The predicted octanol–water partition coefficient (Wildman–Crippen LogP) is 3.28. The summed E-state index contributed by atoms with van der Waals surface area (Å²) in [6, 6.07) is 0.103. The highest BCUT2D eigenvalue weighted by Gasteiger charge is 2.33. The Hall–Kier alpha value is -0.770. The molecule has 1 amide bonds. The molecule has 1 heterocycles. The lowest BCUT2D eigenvalue weighted by Gasteiger charge is -2.36. The number of unbranched alkanes of at least 4 members (excludes halogenated alkanes) is 1. The zero-order valence-electron chi connectivity index (χ0n) is 17.8. The minimum Gasteiger partial charge on any atom is -0.444 e. The van der Waals surface area contributed by atoms with Gasteiger partial charge < -0.3 is 25.4 Å². The Bertz CT molecular complexity index is 462. The SMILES string of the molecule is CCCCC(CNC(=O)OC(C)(C)C)NC(=NCC1(C)COC1)NCC.I. The summed E-state index contributed by atoms with van der Waals surface area (Å²) in [6.45, 7) is 15.5. The number of hydrogen-bond acceptors (Lipinski definition) is 4. The first-order chi connectivity index (χ1) is 12.2. The van der Waals surface area contributed by atoms with Crippen molar-refractivity contribution in [1.82, 2.24) is 16.0 Å². The Morgan fingerprint density at radius 2 is 1.93 bits per heavy atom. The van der Waals surface area contributed by atoms with Crippen molar-refractivity contribution in [3.8, 4) is 0 Å². The molecule has 8 heteroatoms. The van der Waals surface area contributed by atoms with Crippen molar-refractivity contribution >= 4 is 36.0 Å². The van der Waals surface area contributed by atoms with Gasteiger partial charge in [-0.25, -0.2) is 4.79 Å². The molecule has 27 heavy (non-hydrogen) atoms. The molecular formula is C19H39IN4O3. The van der Waals surface area contributed by atoms with Gasteiger partial charge in [-0.05, 0) is 34.1 Å². The summed E-state index contributed by atoms with van der Waals surface area (Å²) in [5.41, 5.74) is -0.358. The van der Waals surface area contributed by atoms with E-state index >= 15 is 0 Å². The molecule has 0 bridgehead atoms. The largest absolute Gasteiger partial charge is 0.444 e. The third-order valence-corrected chi connectivity index (χ3v) is 4.00. The Morgan fingerprint density at radius 3 is 2.41 bits per heavy atom. The van der Waals surface area contributed by atoms with Crippen LogP contribution in [-0.2, 0) is 9.47 Å². The van der Waals surface area contributed by atoms with E-state index in [4.69, 9.17) is 14.5 Å². The van der Waals surface area contributed by atoms with Crippen LogP contribution >= 0.6 is 24.0 Å². The first kappa shape index (κ1) is 26.2. The maximum absolute atomic E-state index is 11.9. The molecule has 1 atom stereocenters. The fourth-order valence-electron chi connectivity index (χ4n) is 2.52. The van der Waals surface area contributed by atoms with Gasteiger partial charge in [0.25, 0.3) is 0 Å². The fraction of sp³-hybridized carbons (Fsp3) is 0.895. The van der Waals surface area contributed by atoms with Crippen molar-refractivity contribution in [2.24, 2.45) is 10.4 Å². The molecule has 0 aromatic carbocycles. The minimum atomic E-state index is -0.493. The number of rotatable bonds is 9. The molecule has 160 valence electrons. The zero-order chi connectivity index (χ0) is 19.6. The normalized spacial score (nSPS) is 17.2. The molecule has 1 aliphatic heterocycles. The van der Waals surface area contributed by atoms with Crippen molar-refractivity contribution in [1.29, 1.82) is 0 Å². The van der Waals surface area contributed by atoms with Gasteiger partial charge >= 0.3 is 6.09 Å². The standard InChI is InChI=1S/C19H38N4O3.HI/c1-7-9-10-15(11-21-17(24)26-18(3,4)5)23-16(20-8-2)22-12-19(6)13-25-14-19;/h15H,7-14H2,1-6H3,(H,21,24)(H2,20,22,23);1H. The highest BCUT2D eigenvalue weighted by atomic mass is 127. The maximum Gasteiger partial charge on any atom is 0.407 e. The number of nitrogens with zero attached hydrogens (tertiary/aromatic N) is 1. The molecule has 1 rings (SSSR count). The molecule has 0 spiro atoms. The Balaban J connectivity index is 0.00000676. The maximum atomic E-state index is 11.9. The summed E-state index contributed by atoms with van der Waals surface area (Å²) >= 11 is 0. The van der Waals surface area contributed by atoms with Gasteiger partial charge in [0.2, 0.25) is 0 Å². The zero-order valence-corrected chi connectivity index (χ0v) is 20.1. The molecule has 1 unspecified atom stereocenters. The molecule has 1 aliphatic rings. The smallest absolute Gasteiger partial charge is 0.407 e. The van der Waals surface area contributed by atoms with E-state index in [9.17, 15) is 4.79 Å². The summed E-state index contributed by atoms with van der Waals surface area (Å²) in [5, 5.41) is 9.61. The van der Waals surface area contributed by atoms with Crippen LogP contribution in [0.1, 0.15) is 60.8 Å². The lowest BCUT2D eigenvalue weighted by molar-refractivity contribution is -0.0945. The van der Waals surface area contributed by atoms with E-state index in [0.29, 0.717) is 6.54 Å². The molecule has 0 aromatic rings. The summed E-state index contributed by atoms with van der Waals surface area (Å²) in [7, 11) is 0. The number of carbonyl (C=O) groups excluding carboxylic acids is 1. The number of aliphatic imine (C=N–C) groups is 1. The monoisotopic (exact) mass is 498 g/mol. The molecule has 0 aliphatic carbocycles. The number of guanidine groups is 1. The second-order valence-electron chi connectivity index (χ2n) is 8.36. The predicted molar refractivity (Wildman–Crippen MR) is 121 cm³/mol. The van der Waals surface area contributed by atoms with Gasteiger partial charge in [-0.3, -0.25) is 4.99 Å². The number of amides is 1. The molecule has 0 radical (unpaired) electrons. The van der Waals surface area contributed by atoms with Gasteiger partial charge in [-0.1, -0.05) is 26.7 Å². The van der Waals surface area contributed by atoms with Gasteiger partial charge in [0.1, 0.15) is 5.60 Å². The third kappa shape index (κ3) is 11.6. The average molecular weight is 498 g/mol. The van der Waals surface area contributed by atoms with Crippen molar-refractivity contribution in [2.45, 2.75) is 72.4 Å².